The van der Waals surface area contributed by atoms with Crippen molar-refractivity contribution in [2.24, 2.45) is 0 Å². The molecule has 90 valence electrons. The Morgan fingerprint density at radius 2 is 2.06 bits per heavy atom. The summed E-state index contributed by atoms with van der Waals surface area (Å²) in [6, 6.07) is 7.96. The number of aryl methyl sites for hydroxylation is 1. The molecular weight excluding hydrogens is 210 g/mol. The average molecular weight is 229 g/mol. The molecule has 0 aliphatic rings. The van der Waals surface area contributed by atoms with Crippen LogP contribution in [0.5, 0.6) is 5.75 Å². The SMILES string of the molecule is CCc1cccc2cc(O)c(C(C)CC)nc12. The summed E-state index contributed by atoms with van der Waals surface area (Å²) in [4.78, 5) is 4.67. The Balaban J connectivity index is 2.68. The zero-order chi connectivity index (χ0) is 12.4. The molecule has 0 saturated carbocycles. The number of pyridine rings is 1. The number of aromatic hydroxyl groups is 1. The van der Waals surface area contributed by atoms with Gasteiger partial charge in [0.05, 0.1) is 11.2 Å². The van der Waals surface area contributed by atoms with E-state index in [1.165, 1.54) is 5.56 Å². The lowest BCUT2D eigenvalue weighted by Gasteiger charge is -2.12. The van der Waals surface area contributed by atoms with E-state index in [-0.39, 0.29) is 0 Å². The van der Waals surface area contributed by atoms with Crippen LogP contribution in [0.2, 0.25) is 0 Å². The van der Waals surface area contributed by atoms with Crippen LogP contribution in [0.25, 0.3) is 10.9 Å². The van der Waals surface area contributed by atoms with E-state index in [0.717, 1.165) is 29.4 Å². The highest BCUT2D eigenvalue weighted by Gasteiger charge is 2.13. The quantitative estimate of drug-likeness (QED) is 0.862. The van der Waals surface area contributed by atoms with E-state index in [4.69, 9.17) is 0 Å². The molecule has 2 nitrogen and oxygen atoms in total. The second-order valence-electron chi connectivity index (χ2n) is 4.54. The van der Waals surface area contributed by atoms with Crippen molar-refractivity contribution >= 4 is 10.9 Å². The molecule has 0 aliphatic carbocycles. The van der Waals surface area contributed by atoms with Crippen molar-refractivity contribution in [3.8, 4) is 5.75 Å². The number of hydrogen-bond acceptors (Lipinski definition) is 2. The standard InChI is InChI=1S/C15H19NO/c1-4-10(3)14-13(17)9-12-8-6-7-11(5-2)15(12)16-14/h6-10,17H,4-5H2,1-3H3. The lowest BCUT2D eigenvalue weighted by Crippen LogP contribution is -1.98. The summed E-state index contributed by atoms with van der Waals surface area (Å²) in [7, 11) is 0. The molecule has 1 aromatic carbocycles. The normalized spacial score (nSPS) is 12.9. The van der Waals surface area contributed by atoms with Gasteiger partial charge < -0.3 is 5.11 Å². The minimum atomic E-state index is 0.296. The third-order valence-corrected chi connectivity index (χ3v) is 3.40. The second-order valence-corrected chi connectivity index (χ2v) is 4.54. The molecule has 2 aromatic rings. The topological polar surface area (TPSA) is 33.1 Å². The number of para-hydroxylation sites is 1. The van der Waals surface area contributed by atoms with Gasteiger partial charge in [0.25, 0.3) is 0 Å². The number of benzene rings is 1. The predicted octanol–water partition coefficient (Wildman–Crippen LogP) is 4.02. The molecule has 0 amide bonds. The van der Waals surface area contributed by atoms with Gasteiger partial charge in [-0.3, -0.25) is 0 Å². The highest BCUT2D eigenvalue weighted by atomic mass is 16.3. The van der Waals surface area contributed by atoms with Crippen molar-refractivity contribution in [2.75, 3.05) is 0 Å². The fraction of sp³-hybridized carbons (Fsp3) is 0.400. The maximum atomic E-state index is 10.0. The van der Waals surface area contributed by atoms with E-state index in [0.29, 0.717) is 11.7 Å². The average Bonchev–Trinajstić information content (AvgIpc) is 2.36. The summed E-state index contributed by atoms with van der Waals surface area (Å²) in [5.74, 6) is 0.615. The fourth-order valence-electron chi connectivity index (χ4n) is 2.10. The molecule has 1 heterocycles. The predicted molar refractivity (Wildman–Crippen MR) is 71.5 cm³/mol. The molecule has 0 saturated heterocycles. The van der Waals surface area contributed by atoms with Crippen LogP contribution in [0.15, 0.2) is 24.3 Å². The lowest BCUT2D eigenvalue weighted by molar-refractivity contribution is 0.458. The Kier molecular flexibility index (Phi) is 3.32. The first kappa shape index (κ1) is 11.9. The Morgan fingerprint density at radius 1 is 1.29 bits per heavy atom. The highest BCUT2D eigenvalue weighted by Crippen LogP contribution is 2.30. The molecule has 0 fully saturated rings. The first-order chi connectivity index (χ1) is 8.17. The van der Waals surface area contributed by atoms with Crippen molar-refractivity contribution in [2.45, 2.75) is 39.5 Å². The molecule has 2 rings (SSSR count). The molecule has 0 spiro atoms. The molecule has 1 N–H and O–H groups in total. The van der Waals surface area contributed by atoms with Gasteiger partial charge in [-0.05, 0) is 24.5 Å². The number of rotatable bonds is 3. The molecular formula is C15H19NO. The Bertz CT molecular complexity index is 534. The number of nitrogens with zero attached hydrogens (tertiary/aromatic N) is 1. The fourth-order valence-corrected chi connectivity index (χ4v) is 2.10. The minimum Gasteiger partial charge on any atom is -0.506 e. The zero-order valence-electron chi connectivity index (χ0n) is 10.7. The maximum Gasteiger partial charge on any atom is 0.137 e. The van der Waals surface area contributed by atoms with Gasteiger partial charge in [-0.15, -0.1) is 0 Å². The van der Waals surface area contributed by atoms with Crippen molar-refractivity contribution in [1.82, 2.24) is 4.98 Å². The Labute approximate surface area is 102 Å². The van der Waals surface area contributed by atoms with Crippen LogP contribution in [-0.2, 0) is 6.42 Å². The van der Waals surface area contributed by atoms with Crippen LogP contribution >= 0.6 is 0 Å². The van der Waals surface area contributed by atoms with Crippen LogP contribution in [-0.4, -0.2) is 10.1 Å². The summed E-state index contributed by atoms with van der Waals surface area (Å²) in [6.45, 7) is 6.34. The van der Waals surface area contributed by atoms with Crippen LogP contribution in [0, 0.1) is 0 Å². The smallest absolute Gasteiger partial charge is 0.137 e. The summed E-state index contributed by atoms with van der Waals surface area (Å²) >= 11 is 0. The summed E-state index contributed by atoms with van der Waals surface area (Å²) in [5, 5.41) is 11.0. The lowest BCUT2D eigenvalue weighted by atomic mass is 10.0. The van der Waals surface area contributed by atoms with Crippen molar-refractivity contribution in [3.63, 3.8) is 0 Å². The van der Waals surface area contributed by atoms with E-state index in [9.17, 15) is 5.11 Å². The summed E-state index contributed by atoms with van der Waals surface area (Å²) in [5.41, 5.74) is 3.09. The van der Waals surface area contributed by atoms with E-state index in [2.05, 4.69) is 31.8 Å². The monoisotopic (exact) mass is 229 g/mol. The van der Waals surface area contributed by atoms with Gasteiger partial charge in [0.1, 0.15) is 5.75 Å². The molecule has 1 aromatic heterocycles. The largest absolute Gasteiger partial charge is 0.506 e. The number of fused-ring (bicyclic) bond motifs is 1. The van der Waals surface area contributed by atoms with E-state index in [1.54, 1.807) is 0 Å². The van der Waals surface area contributed by atoms with Crippen LogP contribution in [0.3, 0.4) is 0 Å². The van der Waals surface area contributed by atoms with Gasteiger partial charge in [0, 0.05) is 11.3 Å². The van der Waals surface area contributed by atoms with Crippen molar-refractivity contribution in [3.05, 3.63) is 35.5 Å². The van der Waals surface area contributed by atoms with Crippen molar-refractivity contribution < 1.29 is 5.11 Å². The molecule has 0 aliphatic heterocycles. The molecule has 1 atom stereocenters. The van der Waals surface area contributed by atoms with Gasteiger partial charge in [-0.1, -0.05) is 39.0 Å². The highest BCUT2D eigenvalue weighted by molar-refractivity contribution is 5.83. The third kappa shape index (κ3) is 2.12. The van der Waals surface area contributed by atoms with Gasteiger partial charge in [0.2, 0.25) is 0 Å². The third-order valence-electron chi connectivity index (χ3n) is 3.40. The maximum absolute atomic E-state index is 10.0. The molecule has 17 heavy (non-hydrogen) atoms. The zero-order valence-corrected chi connectivity index (χ0v) is 10.7. The first-order valence-electron chi connectivity index (χ1n) is 6.28. The van der Waals surface area contributed by atoms with Gasteiger partial charge in [-0.2, -0.15) is 0 Å². The molecule has 2 heteroatoms. The van der Waals surface area contributed by atoms with E-state index < -0.39 is 0 Å². The van der Waals surface area contributed by atoms with Gasteiger partial charge >= 0.3 is 0 Å². The summed E-state index contributed by atoms with van der Waals surface area (Å²) < 4.78 is 0. The van der Waals surface area contributed by atoms with Gasteiger partial charge in [-0.25, -0.2) is 4.98 Å². The second kappa shape index (κ2) is 4.74. The van der Waals surface area contributed by atoms with Crippen LogP contribution in [0.4, 0.5) is 0 Å². The summed E-state index contributed by atoms with van der Waals surface area (Å²) in [6.07, 6.45) is 1.95. The van der Waals surface area contributed by atoms with E-state index in [1.807, 2.05) is 18.2 Å². The van der Waals surface area contributed by atoms with Crippen LogP contribution in [0.1, 0.15) is 44.4 Å². The van der Waals surface area contributed by atoms with Crippen molar-refractivity contribution in [1.29, 1.82) is 0 Å². The Morgan fingerprint density at radius 3 is 2.71 bits per heavy atom. The number of aromatic nitrogens is 1. The Hall–Kier alpha value is -1.57. The number of hydrogen-bond donors (Lipinski definition) is 1. The van der Waals surface area contributed by atoms with E-state index >= 15 is 0 Å². The van der Waals surface area contributed by atoms with Crippen LogP contribution < -0.4 is 0 Å². The molecule has 0 bridgehead atoms. The molecule has 0 radical (unpaired) electrons. The first-order valence-corrected chi connectivity index (χ1v) is 6.28. The molecule has 1 unspecified atom stereocenters. The minimum absolute atomic E-state index is 0.296. The van der Waals surface area contributed by atoms with Gasteiger partial charge in [0.15, 0.2) is 0 Å².